The highest BCUT2D eigenvalue weighted by Crippen LogP contribution is 2.47. The SMILES string of the molecule is CCC1(CNCC(O)CC2CCCC2)CC1. The first-order valence-electron chi connectivity index (χ1n) is 7.13. The third-order valence-electron chi connectivity index (χ3n) is 4.67. The van der Waals surface area contributed by atoms with Gasteiger partial charge in [0.2, 0.25) is 0 Å². The Kier molecular flexibility index (Phi) is 4.26. The van der Waals surface area contributed by atoms with Crippen LogP contribution in [0.4, 0.5) is 0 Å². The molecule has 2 rings (SSSR count). The average Bonchev–Trinajstić information content (AvgIpc) is 2.87. The van der Waals surface area contributed by atoms with Gasteiger partial charge in [0.15, 0.2) is 0 Å². The summed E-state index contributed by atoms with van der Waals surface area (Å²) in [6, 6.07) is 0. The summed E-state index contributed by atoms with van der Waals surface area (Å²) in [5.41, 5.74) is 0.604. The quantitative estimate of drug-likeness (QED) is 0.698. The first-order valence-corrected chi connectivity index (χ1v) is 7.13. The topological polar surface area (TPSA) is 32.3 Å². The van der Waals surface area contributed by atoms with Crippen LogP contribution in [-0.2, 0) is 0 Å². The van der Waals surface area contributed by atoms with Gasteiger partial charge in [0, 0.05) is 13.1 Å². The van der Waals surface area contributed by atoms with E-state index in [-0.39, 0.29) is 6.10 Å². The van der Waals surface area contributed by atoms with Crippen LogP contribution in [0.1, 0.15) is 58.3 Å². The highest BCUT2D eigenvalue weighted by atomic mass is 16.3. The molecule has 0 heterocycles. The molecule has 0 bridgehead atoms. The van der Waals surface area contributed by atoms with E-state index < -0.39 is 0 Å². The number of aliphatic hydroxyl groups is 1. The lowest BCUT2D eigenvalue weighted by molar-refractivity contribution is 0.138. The zero-order valence-corrected chi connectivity index (χ0v) is 10.7. The summed E-state index contributed by atoms with van der Waals surface area (Å²) >= 11 is 0. The van der Waals surface area contributed by atoms with E-state index in [2.05, 4.69) is 12.2 Å². The van der Waals surface area contributed by atoms with Gasteiger partial charge in [0.1, 0.15) is 0 Å². The van der Waals surface area contributed by atoms with Crippen LogP contribution in [0.3, 0.4) is 0 Å². The van der Waals surface area contributed by atoms with Crippen LogP contribution in [0.25, 0.3) is 0 Å². The Morgan fingerprint density at radius 2 is 2.00 bits per heavy atom. The third kappa shape index (κ3) is 3.46. The first-order chi connectivity index (χ1) is 7.74. The minimum atomic E-state index is -0.115. The molecule has 0 aliphatic heterocycles. The molecule has 0 saturated heterocycles. The molecular weight excluding hydrogens is 198 g/mol. The van der Waals surface area contributed by atoms with Crippen LogP contribution in [0, 0.1) is 11.3 Å². The zero-order chi connectivity index (χ0) is 11.4. The van der Waals surface area contributed by atoms with E-state index in [4.69, 9.17) is 0 Å². The predicted octanol–water partition coefficient (Wildman–Crippen LogP) is 2.71. The van der Waals surface area contributed by atoms with Gasteiger partial charge in [0.25, 0.3) is 0 Å². The van der Waals surface area contributed by atoms with Crippen LogP contribution in [0.2, 0.25) is 0 Å². The van der Waals surface area contributed by atoms with Crippen molar-refractivity contribution in [1.82, 2.24) is 5.32 Å². The summed E-state index contributed by atoms with van der Waals surface area (Å²) in [7, 11) is 0. The standard InChI is InChI=1S/C14H27NO/c1-2-14(7-8-14)11-15-10-13(16)9-12-5-3-4-6-12/h12-13,15-16H,2-11H2,1H3. The van der Waals surface area contributed by atoms with Crippen molar-refractivity contribution in [2.24, 2.45) is 11.3 Å². The Morgan fingerprint density at radius 3 is 2.56 bits per heavy atom. The van der Waals surface area contributed by atoms with Crippen molar-refractivity contribution in [3.05, 3.63) is 0 Å². The van der Waals surface area contributed by atoms with Crippen LogP contribution < -0.4 is 5.32 Å². The maximum absolute atomic E-state index is 9.94. The van der Waals surface area contributed by atoms with Crippen LogP contribution in [0.5, 0.6) is 0 Å². The molecule has 2 heteroatoms. The lowest BCUT2D eigenvalue weighted by Gasteiger charge is -2.18. The van der Waals surface area contributed by atoms with E-state index in [1.54, 1.807) is 0 Å². The Labute approximate surface area is 99.8 Å². The first kappa shape index (κ1) is 12.4. The lowest BCUT2D eigenvalue weighted by atomic mass is 9.99. The van der Waals surface area contributed by atoms with Gasteiger partial charge >= 0.3 is 0 Å². The molecule has 2 nitrogen and oxygen atoms in total. The van der Waals surface area contributed by atoms with Gasteiger partial charge in [-0.25, -0.2) is 0 Å². The second-order valence-corrected chi connectivity index (χ2v) is 6.02. The molecular formula is C14H27NO. The minimum Gasteiger partial charge on any atom is -0.392 e. The van der Waals surface area contributed by atoms with Gasteiger partial charge in [-0.1, -0.05) is 32.6 Å². The average molecular weight is 225 g/mol. The van der Waals surface area contributed by atoms with Gasteiger partial charge < -0.3 is 10.4 Å². The van der Waals surface area contributed by atoms with Crippen LogP contribution in [-0.4, -0.2) is 24.3 Å². The van der Waals surface area contributed by atoms with E-state index in [1.165, 1.54) is 44.9 Å². The Bertz CT molecular complexity index is 207. The highest BCUT2D eigenvalue weighted by molar-refractivity contribution is 4.93. The molecule has 1 unspecified atom stereocenters. The summed E-state index contributed by atoms with van der Waals surface area (Å²) in [5.74, 6) is 0.804. The summed E-state index contributed by atoms with van der Waals surface area (Å²) < 4.78 is 0. The van der Waals surface area contributed by atoms with E-state index in [0.717, 1.165) is 25.4 Å². The third-order valence-corrected chi connectivity index (χ3v) is 4.67. The molecule has 16 heavy (non-hydrogen) atoms. The summed E-state index contributed by atoms with van der Waals surface area (Å²) in [6.07, 6.45) is 10.4. The fraction of sp³-hybridized carbons (Fsp3) is 1.00. The van der Waals surface area contributed by atoms with Crippen molar-refractivity contribution in [2.45, 2.75) is 64.4 Å². The van der Waals surface area contributed by atoms with Crippen molar-refractivity contribution in [3.63, 3.8) is 0 Å². The van der Waals surface area contributed by atoms with Gasteiger partial charge in [-0.15, -0.1) is 0 Å². The van der Waals surface area contributed by atoms with E-state index in [1.807, 2.05) is 0 Å². The molecule has 0 aromatic rings. The Morgan fingerprint density at radius 1 is 1.31 bits per heavy atom. The predicted molar refractivity (Wildman–Crippen MR) is 67.4 cm³/mol. The number of nitrogens with one attached hydrogen (secondary N) is 1. The smallest absolute Gasteiger partial charge is 0.0667 e. The van der Waals surface area contributed by atoms with E-state index >= 15 is 0 Å². The van der Waals surface area contributed by atoms with Gasteiger partial charge in [0.05, 0.1) is 6.10 Å². The molecule has 2 saturated carbocycles. The molecule has 2 aliphatic carbocycles. The van der Waals surface area contributed by atoms with Gasteiger partial charge in [-0.3, -0.25) is 0 Å². The molecule has 0 amide bonds. The second kappa shape index (κ2) is 5.50. The zero-order valence-electron chi connectivity index (χ0n) is 10.7. The lowest BCUT2D eigenvalue weighted by Crippen LogP contribution is -2.32. The Balaban J connectivity index is 1.55. The molecule has 1 atom stereocenters. The molecule has 2 fully saturated rings. The summed E-state index contributed by atoms with van der Waals surface area (Å²) in [4.78, 5) is 0. The van der Waals surface area contributed by atoms with Crippen molar-refractivity contribution >= 4 is 0 Å². The Hall–Kier alpha value is -0.0800. The molecule has 2 N–H and O–H groups in total. The van der Waals surface area contributed by atoms with Crippen molar-refractivity contribution < 1.29 is 5.11 Å². The fourth-order valence-electron chi connectivity index (χ4n) is 3.05. The second-order valence-electron chi connectivity index (χ2n) is 6.02. The number of hydrogen-bond acceptors (Lipinski definition) is 2. The monoisotopic (exact) mass is 225 g/mol. The summed E-state index contributed by atoms with van der Waals surface area (Å²) in [5, 5.41) is 13.4. The summed E-state index contributed by atoms with van der Waals surface area (Å²) in [6.45, 7) is 4.20. The molecule has 0 aromatic heterocycles. The molecule has 0 spiro atoms. The largest absolute Gasteiger partial charge is 0.392 e. The normalized spacial score (nSPS) is 25.9. The van der Waals surface area contributed by atoms with E-state index in [0.29, 0.717) is 5.41 Å². The van der Waals surface area contributed by atoms with Crippen molar-refractivity contribution in [1.29, 1.82) is 0 Å². The maximum atomic E-state index is 9.94. The highest BCUT2D eigenvalue weighted by Gasteiger charge is 2.39. The van der Waals surface area contributed by atoms with Gasteiger partial charge in [-0.05, 0) is 37.0 Å². The van der Waals surface area contributed by atoms with Crippen molar-refractivity contribution in [2.75, 3.05) is 13.1 Å². The molecule has 0 radical (unpaired) electrons. The molecule has 0 aromatic carbocycles. The van der Waals surface area contributed by atoms with E-state index in [9.17, 15) is 5.11 Å². The number of rotatable bonds is 7. The maximum Gasteiger partial charge on any atom is 0.0667 e. The van der Waals surface area contributed by atoms with Crippen LogP contribution >= 0.6 is 0 Å². The minimum absolute atomic E-state index is 0.115. The number of aliphatic hydroxyl groups excluding tert-OH is 1. The van der Waals surface area contributed by atoms with Crippen molar-refractivity contribution in [3.8, 4) is 0 Å². The van der Waals surface area contributed by atoms with Crippen LogP contribution in [0.15, 0.2) is 0 Å². The van der Waals surface area contributed by atoms with Gasteiger partial charge in [-0.2, -0.15) is 0 Å². The fourth-order valence-corrected chi connectivity index (χ4v) is 3.05. The number of hydrogen-bond donors (Lipinski definition) is 2. The molecule has 2 aliphatic rings. The molecule has 94 valence electrons.